The molecule has 0 fully saturated rings. The van der Waals surface area contributed by atoms with Gasteiger partial charge in [0.2, 0.25) is 0 Å². The van der Waals surface area contributed by atoms with Gasteiger partial charge in [0, 0.05) is 22.7 Å². The van der Waals surface area contributed by atoms with Crippen LogP contribution < -0.4 is 4.74 Å². The molecule has 26 heavy (non-hydrogen) atoms. The van der Waals surface area contributed by atoms with Crippen LogP contribution >= 0.6 is 23.4 Å². The van der Waals surface area contributed by atoms with Crippen molar-refractivity contribution >= 4 is 29.1 Å². The molecule has 0 bridgehead atoms. The van der Waals surface area contributed by atoms with Gasteiger partial charge in [-0.25, -0.2) is 0 Å². The zero-order valence-electron chi connectivity index (χ0n) is 14.5. The van der Waals surface area contributed by atoms with Gasteiger partial charge >= 0.3 is 0 Å². The van der Waals surface area contributed by atoms with E-state index in [4.69, 9.17) is 16.3 Å². The van der Waals surface area contributed by atoms with Crippen molar-refractivity contribution in [2.24, 2.45) is 0 Å². The molecule has 134 valence electrons. The number of ketones is 1. The second-order valence-corrected chi connectivity index (χ2v) is 6.88. The van der Waals surface area contributed by atoms with Gasteiger partial charge in [0.15, 0.2) is 16.8 Å². The van der Waals surface area contributed by atoms with E-state index in [1.165, 1.54) is 11.8 Å². The third-order valence-corrected chi connectivity index (χ3v) is 5.06. The van der Waals surface area contributed by atoms with Gasteiger partial charge in [-0.3, -0.25) is 4.79 Å². The number of methoxy groups -OCH3 is 1. The third kappa shape index (κ3) is 4.08. The van der Waals surface area contributed by atoms with Crippen LogP contribution in [-0.2, 0) is 6.54 Å². The van der Waals surface area contributed by atoms with Crippen molar-refractivity contribution in [3.63, 3.8) is 0 Å². The average Bonchev–Trinajstić information content (AvgIpc) is 3.09. The summed E-state index contributed by atoms with van der Waals surface area (Å²) in [5.41, 5.74) is 1.55. The quantitative estimate of drug-likeness (QED) is 0.438. The number of carbonyl (C=O) groups is 1. The van der Waals surface area contributed by atoms with E-state index in [2.05, 4.69) is 10.2 Å². The molecule has 0 unspecified atom stereocenters. The van der Waals surface area contributed by atoms with Crippen molar-refractivity contribution in [2.75, 3.05) is 12.9 Å². The van der Waals surface area contributed by atoms with E-state index < -0.39 is 0 Å². The first-order chi connectivity index (χ1) is 12.6. The van der Waals surface area contributed by atoms with Gasteiger partial charge in [-0.1, -0.05) is 35.5 Å². The Kier molecular flexibility index (Phi) is 5.96. The minimum atomic E-state index is 0.0348. The van der Waals surface area contributed by atoms with Crippen molar-refractivity contribution in [1.29, 1.82) is 0 Å². The lowest BCUT2D eigenvalue weighted by Gasteiger charge is -2.07. The Morgan fingerprint density at radius 2 is 1.96 bits per heavy atom. The van der Waals surface area contributed by atoms with E-state index in [1.54, 1.807) is 31.4 Å². The number of thioether (sulfide) groups is 1. The number of ether oxygens (including phenoxy) is 1. The summed E-state index contributed by atoms with van der Waals surface area (Å²) in [7, 11) is 1.60. The molecule has 0 aliphatic heterocycles. The maximum absolute atomic E-state index is 12.4. The smallest absolute Gasteiger partial charge is 0.191 e. The van der Waals surface area contributed by atoms with Gasteiger partial charge in [-0.05, 0) is 43.3 Å². The molecule has 0 saturated heterocycles. The Bertz CT molecular complexity index is 909. The summed E-state index contributed by atoms with van der Waals surface area (Å²) in [5, 5.41) is 9.89. The molecule has 5 nitrogen and oxygen atoms in total. The summed E-state index contributed by atoms with van der Waals surface area (Å²) >= 11 is 7.45. The van der Waals surface area contributed by atoms with E-state index in [-0.39, 0.29) is 5.78 Å². The summed E-state index contributed by atoms with van der Waals surface area (Å²) in [6, 6.07) is 14.6. The number of nitrogens with zero attached hydrogens (tertiary/aromatic N) is 3. The number of hydrogen-bond acceptors (Lipinski definition) is 5. The van der Waals surface area contributed by atoms with E-state index in [1.807, 2.05) is 35.8 Å². The molecule has 3 aromatic rings. The average molecular weight is 388 g/mol. The Morgan fingerprint density at radius 1 is 1.19 bits per heavy atom. The number of rotatable bonds is 7. The third-order valence-electron chi connectivity index (χ3n) is 3.86. The molecule has 0 amide bonds. The molecule has 0 aliphatic rings. The Morgan fingerprint density at radius 3 is 2.62 bits per heavy atom. The van der Waals surface area contributed by atoms with Crippen LogP contribution in [0.4, 0.5) is 0 Å². The second kappa shape index (κ2) is 8.38. The zero-order chi connectivity index (χ0) is 18.5. The molecule has 1 aromatic heterocycles. The highest BCUT2D eigenvalue weighted by Crippen LogP contribution is 2.26. The van der Waals surface area contributed by atoms with E-state index in [9.17, 15) is 4.79 Å². The zero-order valence-corrected chi connectivity index (χ0v) is 16.0. The van der Waals surface area contributed by atoms with Gasteiger partial charge < -0.3 is 9.30 Å². The molecule has 0 radical (unpaired) electrons. The van der Waals surface area contributed by atoms with E-state index in [0.29, 0.717) is 28.0 Å². The lowest BCUT2D eigenvalue weighted by molar-refractivity contribution is 0.102. The minimum Gasteiger partial charge on any atom is -0.497 e. The predicted molar refractivity (Wildman–Crippen MR) is 104 cm³/mol. The first kappa shape index (κ1) is 18.5. The fourth-order valence-electron chi connectivity index (χ4n) is 2.51. The molecular weight excluding hydrogens is 370 g/mol. The van der Waals surface area contributed by atoms with Crippen molar-refractivity contribution in [3.05, 3.63) is 59.1 Å². The highest BCUT2D eigenvalue weighted by atomic mass is 35.5. The molecule has 1 heterocycles. The standard InChI is InChI=1S/C19H18ClN3O2S/c1-3-23-18(14-5-4-6-15(20)11-14)21-22-19(23)26-12-17(24)13-7-9-16(25-2)10-8-13/h4-11H,3,12H2,1-2H3. The highest BCUT2D eigenvalue weighted by molar-refractivity contribution is 7.99. The fraction of sp³-hybridized carbons (Fsp3) is 0.211. The fourth-order valence-corrected chi connectivity index (χ4v) is 3.60. The predicted octanol–water partition coefficient (Wildman–Crippen LogP) is 4.60. The van der Waals surface area contributed by atoms with Gasteiger partial charge in [0.1, 0.15) is 5.75 Å². The van der Waals surface area contributed by atoms with Crippen molar-refractivity contribution in [2.45, 2.75) is 18.6 Å². The van der Waals surface area contributed by atoms with E-state index in [0.717, 1.165) is 17.1 Å². The van der Waals surface area contributed by atoms with Crippen LogP contribution in [0.3, 0.4) is 0 Å². The normalized spacial score (nSPS) is 10.7. The minimum absolute atomic E-state index is 0.0348. The largest absolute Gasteiger partial charge is 0.497 e. The molecule has 0 N–H and O–H groups in total. The lowest BCUT2D eigenvalue weighted by atomic mass is 10.1. The van der Waals surface area contributed by atoms with Gasteiger partial charge in [0.25, 0.3) is 0 Å². The Hall–Kier alpha value is -2.31. The summed E-state index contributed by atoms with van der Waals surface area (Å²) in [6.45, 7) is 2.72. The first-order valence-corrected chi connectivity index (χ1v) is 9.48. The summed E-state index contributed by atoms with van der Waals surface area (Å²) in [5.74, 6) is 1.80. The Balaban J connectivity index is 1.74. The molecule has 3 rings (SSSR count). The molecule has 0 saturated carbocycles. The summed E-state index contributed by atoms with van der Waals surface area (Å²) in [6.07, 6.45) is 0. The van der Waals surface area contributed by atoms with Gasteiger partial charge in [-0.2, -0.15) is 0 Å². The van der Waals surface area contributed by atoms with Crippen molar-refractivity contribution < 1.29 is 9.53 Å². The number of hydrogen-bond donors (Lipinski definition) is 0. The highest BCUT2D eigenvalue weighted by Gasteiger charge is 2.15. The molecule has 0 spiro atoms. The van der Waals surface area contributed by atoms with E-state index >= 15 is 0 Å². The first-order valence-electron chi connectivity index (χ1n) is 8.11. The van der Waals surface area contributed by atoms with Crippen molar-refractivity contribution in [3.8, 4) is 17.1 Å². The second-order valence-electron chi connectivity index (χ2n) is 5.50. The van der Waals surface area contributed by atoms with Crippen LogP contribution in [0.15, 0.2) is 53.7 Å². The van der Waals surface area contributed by atoms with Gasteiger partial charge in [0.05, 0.1) is 12.9 Å². The number of Topliss-reactive ketones (excluding diaryl/α,β-unsaturated/α-hetero) is 1. The number of carbonyl (C=O) groups excluding carboxylic acids is 1. The van der Waals surface area contributed by atoms with Crippen LogP contribution in [0.2, 0.25) is 5.02 Å². The summed E-state index contributed by atoms with van der Waals surface area (Å²) in [4.78, 5) is 12.4. The number of aromatic nitrogens is 3. The molecule has 0 atom stereocenters. The topological polar surface area (TPSA) is 57.0 Å². The molecule has 2 aromatic carbocycles. The molecule has 7 heteroatoms. The van der Waals surface area contributed by atoms with Crippen LogP contribution in [0, 0.1) is 0 Å². The van der Waals surface area contributed by atoms with Crippen molar-refractivity contribution in [1.82, 2.24) is 14.8 Å². The van der Waals surface area contributed by atoms with Crippen LogP contribution in [0.5, 0.6) is 5.75 Å². The molecular formula is C19H18ClN3O2S. The maximum Gasteiger partial charge on any atom is 0.191 e. The molecule has 0 aliphatic carbocycles. The monoisotopic (exact) mass is 387 g/mol. The Labute approximate surface area is 161 Å². The summed E-state index contributed by atoms with van der Waals surface area (Å²) < 4.78 is 7.10. The van der Waals surface area contributed by atoms with Crippen LogP contribution in [0.1, 0.15) is 17.3 Å². The lowest BCUT2D eigenvalue weighted by Crippen LogP contribution is -2.05. The SMILES string of the molecule is CCn1c(SCC(=O)c2ccc(OC)cc2)nnc1-c1cccc(Cl)c1. The van der Waals surface area contributed by atoms with Crippen LogP contribution in [-0.4, -0.2) is 33.4 Å². The maximum atomic E-state index is 12.4. The number of benzene rings is 2. The van der Waals surface area contributed by atoms with Crippen LogP contribution in [0.25, 0.3) is 11.4 Å². The number of halogens is 1. The van der Waals surface area contributed by atoms with Gasteiger partial charge in [-0.15, -0.1) is 10.2 Å².